The molecule has 0 spiro atoms. The van der Waals surface area contributed by atoms with Crippen LogP contribution in [0.2, 0.25) is 0 Å². The van der Waals surface area contributed by atoms with Crippen LogP contribution in [-0.4, -0.2) is 26.1 Å². The van der Waals surface area contributed by atoms with Crippen molar-refractivity contribution in [2.45, 2.75) is 13.3 Å². The highest BCUT2D eigenvalue weighted by Gasteiger charge is 2.05. The molecule has 74 valence electrons. The van der Waals surface area contributed by atoms with E-state index in [2.05, 4.69) is 50.0 Å². The summed E-state index contributed by atoms with van der Waals surface area (Å²) in [6.07, 6.45) is 4.53. The molecule has 0 amide bonds. The first-order valence-electron chi connectivity index (χ1n) is 4.41. The first-order valence-corrected chi connectivity index (χ1v) is 5.49. The van der Waals surface area contributed by atoms with Crippen LogP contribution >= 0.6 is 22.6 Å². The van der Waals surface area contributed by atoms with Crippen molar-refractivity contribution in [3.63, 3.8) is 0 Å². The smallest absolute Gasteiger partial charge is 0.210 e. The molecule has 0 aliphatic rings. The van der Waals surface area contributed by atoms with Gasteiger partial charge in [-0.25, -0.2) is 4.98 Å². The Morgan fingerprint density at radius 3 is 3.21 bits per heavy atom. The van der Waals surface area contributed by atoms with Gasteiger partial charge in [0, 0.05) is 12.7 Å². The predicted octanol–water partition coefficient (Wildman–Crippen LogP) is 1.55. The molecule has 5 nitrogen and oxygen atoms in total. The topological polar surface area (TPSA) is 55.1 Å². The van der Waals surface area contributed by atoms with Crippen molar-refractivity contribution in [2.24, 2.45) is 0 Å². The highest BCUT2D eigenvalue weighted by Crippen LogP contribution is 2.13. The lowest BCUT2D eigenvalue weighted by Gasteiger charge is -2.05. The number of fused-ring (bicyclic) bond motifs is 1. The van der Waals surface area contributed by atoms with Crippen LogP contribution in [0.15, 0.2) is 12.5 Å². The van der Waals surface area contributed by atoms with Crippen molar-refractivity contribution in [2.75, 3.05) is 11.9 Å². The monoisotopic (exact) mass is 303 g/mol. The van der Waals surface area contributed by atoms with Crippen LogP contribution in [0.1, 0.15) is 13.3 Å². The van der Waals surface area contributed by atoms with E-state index in [1.54, 1.807) is 12.5 Å². The molecule has 2 rings (SSSR count). The van der Waals surface area contributed by atoms with Gasteiger partial charge in [0.25, 0.3) is 0 Å². The second-order valence-electron chi connectivity index (χ2n) is 2.88. The van der Waals surface area contributed by atoms with Crippen LogP contribution in [0.4, 0.5) is 5.95 Å². The number of rotatable bonds is 3. The van der Waals surface area contributed by atoms with E-state index in [1.807, 2.05) is 4.40 Å². The molecule has 0 aromatic carbocycles. The number of aromatic nitrogens is 4. The molecule has 0 bridgehead atoms. The molecular formula is C8H10IN5. The summed E-state index contributed by atoms with van der Waals surface area (Å²) in [6, 6.07) is 0. The summed E-state index contributed by atoms with van der Waals surface area (Å²) in [5.74, 6) is 0.798. The Hall–Kier alpha value is -0.920. The van der Waals surface area contributed by atoms with Crippen LogP contribution in [0.25, 0.3) is 5.65 Å². The van der Waals surface area contributed by atoms with Gasteiger partial charge < -0.3 is 5.32 Å². The average molecular weight is 303 g/mol. The number of halogens is 1. The Balaban J connectivity index is 2.45. The molecule has 0 aliphatic carbocycles. The molecule has 0 saturated heterocycles. The maximum absolute atomic E-state index is 4.28. The van der Waals surface area contributed by atoms with Crippen molar-refractivity contribution >= 4 is 34.2 Å². The van der Waals surface area contributed by atoms with Gasteiger partial charge >= 0.3 is 0 Å². The minimum Gasteiger partial charge on any atom is -0.355 e. The Labute approximate surface area is 95.1 Å². The quantitative estimate of drug-likeness (QED) is 0.874. The summed E-state index contributed by atoms with van der Waals surface area (Å²) in [5.41, 5.74) is 0.846. The summed E-state index contributed by atoms with van der Waals surface area (Å²) >= 11 is 2.20. The van der Waals surface area contributed by atoms with Crippen molar-refractivity contribution < 1.29 is 0 Å². The van der Waals surface area contributed by atoms with Crippen molar-refractivity contribution in [1.29, 1.82) is 0 Å². The molecule has 1 N–H and O–H groups in total. The molecule has 2 aromatic heterocycles. The van der Waals surface area contributed by atoms with Gasteiger partial charge in [0.05, 0.1) is 3.57 Å². The number of anilines is 1. The highest BCUT2D eigenvalue weighted by molar-refractivity contribution is 14.1. The van der Waals surface area contributed by atoms with E-state index >= 15 is 0 Å². The normalized spacial score (nSPS) is 10.7. The lowest BCUT2D eigenvalue weighted by Crippen LogP contribution is -2.07. The summed E-state index contributed by atoms with van der Waals surface area (Å²) in [5, 5.41) is 11.1. The summed E-state index contributed by atoms with van der Waals surface area (Å²) in [4.78, 5) is 4.28. The second kappa shape index (κ2) is 4.07. The molecular weight excluding hydrogens is 293 g/mol. The Morgan fingerprint density at radius 1 is 1.57 bits per heavy atom. The van der Waals surface area contributed by atoms with E-state index in [4.69, 9.17) is 0 Å². The molecule has 0 saturated carbocycles. The largest absolute Gasteiger partial charge is 0.355 e. The fraction of sp³-hybridized carbons (Fsp3) is 0.375. The zero-order valence-electron chi connectivity index (χ0n) is 7.74. The Bertz CT molecular complexity index is 438. The summed E-state index contributed by atoms with van der Waals surface area (Å²) < 4.78 is 2.86. The molecule has 0 fully saturated rings. The van der Waals surface area contributed by atoms with Crippen molar-refractivity contribution in [3.05, 3.63) is 16.1 Å². The zero-order chi connectivity index (χ0) is 9.97. The molecule has 0 unspecified atom stereocenters. The fourth-order valence-corrected chi connectivity index (χ4v) is 1.67. The standard InChI is InChI=1S/C8H10IN5/c1-2-3-10-8-11-4-6(9)7-13-12-5-14(7)8/h4-5H,2-3H2,1H3,(H,10,11). The van der Waals surface area contributed by atoms with Crippen LogP contribution < -0.4 is 5.32 Å². The van der Waals surface area contributed by atoms with Gasteiger partial charge in [-0.05, 0) is 29.0 Å². The molecule has 0 radical (unpaired) electrons. The second-order valence-corrected chi connectivity index (χ2v) is 4.04. The van der Waals surface area contributed by atoms with Gasteiger partial charge in [-0.1, -0.05) is 6.92 Å². The molecule has 14 heavy (non-hydrogen) atoms. The van der Waals surface area contributed by atoms with E-state index < -0.39 is 0 Å². The fourth-order valence-electron chi connectivity index (χ4n) is 1.16. The lowest BCUT2D eigenvalue weighted by atomic mass is 10.5. The number of nitrogens with one attached hydrogen (secondary N) is 1. The van der Waals surface area contributed by atoms with Crippen LogP contribution in [0.3, 0.4) is 0 Å². The average Bonchev–Trinajstić information content (AvgIpc) is 2.66. The predicted molar refractivity (Wildman–Crippen MR) is 62.3 cm³/mol. The molecule has 0 atom stereocenters. The third-order valence-corrected chi connectivity index (χ3v) is 2.58. The van der Waals surface area contributed by atoms with E-state index in [1.165, 1.54) is 0 Å². The minimum atomic E-state index is 0.798. The van der Waals surface area contributed by atoms with Crippen LogP contribution in [0, 0.1) is 3.57 Å². The van der Waals surface area contributed by atoms with Gasteiger partial charge in [0.1, 0.15) is 6.33 Å². The maximum atomic E-state index is 4.28. The Morgan fingerprint density at radius 2 is 2.43 bits per heavy atom. The Kier molecular flexibility index (Phi) is 2.80. The van der Waals surface area contributed by atoms with Gasteiger partial charge in [0.15, 0.2) is 5.65 Å². The van der Waals surface area contributed by atoms with Gasteiger partial charge in [-0.15, -0.1) is 10.2 Å². The van der Waals surface area contributed by atoms with Crippen LogP contribution in [0.5, 0.6) is 0 Å². The lowest BCUT2D eigenvalue weighted by molar-refractivity contribution is 0.936. The first kappa shape index (κ1) is 9.63. The minimum absolute atomic E-state index is 0.798. The van der Waals surface area contributed by atoms with Gasteiger partial charge in [-0.2, -0.15) is 0 Å². The maximum Gasteiger partial charge on any atom is 0.210 e. The third kappa shape index (κ3) is 1.66. The highest BCUT2D eigenvalue weighted by atomic mass is 127. The van der Waals surface area contributed by atoms with Gasteiger partial charge in [-0.3, -0.25) is 4.40 Å². The number of hydrogen-bond donors (Lipinski definition) is 1. The van der Waals surface area contributed by atoms with Crippen molar-refractivity contribution in [1.82, 2.24) is 19.6 Å². The zero-order valence-corrected chi connectivity index (χ0v) is 9.89. The molecule has 6 heteroatoms. The number of hydrogen-bond acceptors (Lipinski definition) is 4. The van der Waals surface area contributed by atoms with E-state index in [-0.39, 0.29) is 0 Å². The van der Waals surface area contributed by atoms with Crippen LogP contribution in [-0.2, 0) is 0 Å². The summed E-state index contributed by atoms with van der Waals surface area (Å²) in [7, 11) is 0. The number of nitrogens with zero attached hydrogens (tertiary/aromatic N) is 4. The third-order valence-electron chi connectivity index (χ3n) is 1.82. The SMILES string of the molecule is CCCNc1ncc(I)c2nncn12. The van der Waals surface area contributed by atoms with E-state index in [9.17, 15) is 0 Å². The first-order chi connectivity index (χ1) is 6.83. The molecule has 2 aromatic rings. The van der Waals surface area contributed by atoms with E-state index in [0.717, 1.165) is 28.1 Å². The van der Waals surface area contributed by atoms with Crippen molar-refractivity contribution in [3.8, 4) is 0 Å². The molecule has 2 heterocycles. The van der Waals surface area contributed by atoms with Gasteiger partial charge in [0.2, 0.25) is 5.95 Å². The summed E-state index contributed by atoms with van der Waals surface area (Å²) in [6.45, 7) is 3.02. The molecule has 0 aliphatic heterocycles. The van der Waals surface area contributed by atoms with E-state index in [0.29, 0.717) is 0 Å².